The van der Waals surface area contributed by atoms with Crippen molar-refractivity contribution in [1.29, 1.82) is 0 Å². The molecule has 0 aromatic heterocycles. The second kappa shape index (κ2) is 10.1. The van der Waals surface area contributed by atoms with Gasteiger partial charge in [0.25, 0.3) is 0 Å². The van der Waals surface area contributed by atoms with E-state index in [1.165, 1.54) is 0 Å². The highest BCUT2D eigenvalue weighted by Gasteiger charge is 2.21. The molecule has 1 rings (SSSR count). The lowest BCUT2D eigenvalue weighted by Crippen LogP contribution is -2.45. The van der Waals surface area contributed by atoms with Crippen molar-refractivity contribution >= 4 is 5.91 Å². The van der Waals surface area contributed by atoms with Crippen molar-refractivity contribution < 1.29 is 9.53 Å². The lowest BCUT2D eigenvalue weighted by molar-refractivity contribution is -0.123. The monoisotopic (exact) mass is 285 g/mol. The zero-order valence-electron chi connectivity index (χ0n) is 13.1. The summed E-state index contributed by atoms with van der Waals surface area (Å²) in [5.41, 5.74) is 5.45. The molecular weight excluding hydrogens is 254 g/mol. The molecule has 3 N–H and O–H groups in total. The summed E-state index contributed by atoms with van der Waals surface area (Å²) in [6, 6.07) is 0.319. The molecule has 1 aliphatic rings. The van der Waals surface area contributed by atoms with Gasteiger partial charge in [0.05, 0.1) is 12.6 Å². The van der Waals surface area contributed by atoms with Crippen LogP contribution in [0.15, 0.2) is 0 Å². The summed E-state index contributed by atoms with van der Waals surface area (Å²) >= 11 is 0. The molecule has 1 saturated heterocycles. The van der Waals surface area contributed by atoms with Gasteiger partial charge in [-0.05, 0) is 38.6 Å². The fourth-order valence-electron chi connectivity index (χ4n) is 2.54. The van der Waals surface area contributed by atoms with E-state index in [0.29, 0.717) is 25.2 Å². The van der Waals surface area contributed by atoms with Crippen molar-refractivity contribution in [3.8, 4) is 0 Å². The minimum Gasteiger partial charge on any atom is -0.378 e. The largest absolute Gasteiger partial charge is 0.378 e. The fourth-order valence-corrected chi connectivity index (χ4v) is 2.54. The highest BCUT2D eigenvalue weighted by Crippen LogP contribution is 2.13. The summed E-state index contributed by atoms with van der Waals surface area (Å²) in [7, 11) is 0. The Balaban J connectivity index is 2.16. The van der Waals surface area contributed by atoms with Crippen LogP contribution < -0.4 is 11.1 Å². The Kier molecular flexibility index (Phi) is 8.82. The van der Waals surface area contributed by atoms with Crippen LogP contribution in [0.2, 0.25) is 0 Å². The van der Waals surface area contributed by atoms with Crippen LogP contribution in [0, 0.1) is 0 Å². The molecule has 0 bridgehead atoms. The molecule has 0 unspecified atom stereocenters. The highest BCUT2D eigenvalue weighted by molar-refractivity contribution is 5.78. The molecule has 1 aliphatic heterocycles. The first-order chi connectivity index (χ1) is 9.69. The van der Waals surface area contributed by atoms with Crippen LogP contribution in [0.25, 0.3) is 0 Å². The third kappa shape index (κ3) is 6.68. The number of carbonyl (C=O) groups excluding carboxylic acids is 1. The number of piperidine rings is 1. The molecule has 1 amide bonds. The van der Waals surface area contributed by atoms with Crippen LogP contribution in [0.1, 0.15) is 46.0 Å². The topological polar surface area (TPSA) is 67.6 Å². The Labute approximate surface area is 123 Å². The van der Waals surface area contributed by atoms with Crippen LogP contribution in [-0.4, -0.2) is 55.7 Å². The first-order valence-corrected chi connectivity index (χ1v) is 8.02. The lowest BCUT2D eigenvalue weighted by atomic mass is 10.1. The molecule has 0 saturated carbocycles. The van der Waals surface area contributed by atoms with Gasteiger partial charge in [-0.1, -0.05) is 13.8 Å². The number of ether oxygens (including phenoxy) is 1. The second-order valence-corrected chi connectivity index (χ2v) is 5.57. The predicted molar refractivity (Wildman–Crippen MR) is 81.6 cm³/mol. The van der Waals surface area contributed by atoms with Crippen molar-refractivity contribution in [3.05, 3.63) is 0 Å². The van der Waals surface area contributed by atoms with Gasteiger partial charge in [-0.2, -0.15) is 0 Å². The maximum absolute atomic E-state index is 11.9. The number of carbonyl (C=O) groups is 1. The highest BCUT2D eigenvalue weighted by atomic mass is 16.5. The number of nitrogens with one attached hydrogen (secondary N) is 1. The van der Waals surface area contributed by atoms with Gasteiger partial charge in [-0.25, -0.2) is 0 Å². The van der Waals surface area contributed by atoms with E-state index >= 15 is 0 Å². The van der Waals surface area contributed by atoms with Gasteiger partial charge in [0, 0.05) is 25.7 Å². The zero-order chi connectivity index (χ0) is 14.8. The van der Waals surface area contributed by atoms with Crippen molar-refractivity contribution in [2.45, 2.75) is 58.1 Å². The average Bonchev–Trinajstić information content (AvgIpc) is 2.47. The van der Waals surface area contributed by atoms with E-state index in [9.17, 15) is 4.79 Å². The summed E-state index contributed by atoms with van der Waals surface area (Å²) in [6.07, 6.45) is 5.31. The van der Waals surface area contributed by atoms with Gasteiger partial charge in [0.1, 0.15) is 0 Å². The van der Waals surface area contributed by atoms with Gasteiger partial charge in [0.2, 0.25) is 5.91 Å². The summed E-state index contributed by atoms with van der Waals surface area (Å²) in [5, 5.41) is 3.09. The summed E-state index contributed by atoms with van der Waals surface area (Å²) < 4.78 is 5.77. The average molecular weight is 285 g/mol. The van der Waals surface area contributed by atoms with E-state index in [1.54, 1.807) is 0 Å². The van der Waals surface area contributed by atoms with Gasteiger partial charge < -0.3 is 15.8 Å². The van der Waals surface area contributed by atoms with Crippen molar-refractivity contribution in [2.24, 2.45) is 5.73 Å². The molecule has 0 atom stereocenters. The van der Waals surface area contributed by atoms with Crippen molar-refractivity contribution in [1.82, 2.24) is 10.2 Å². The molecular formula is C15H31N3O2. The van der Waals surface area contributed by atoms with Crippen LogP contribution >= 0.6 is 0 Å². The van der Waals surface area contributed by atoms with Crippen LogP contribution in [0.5, 0.6) is 0 Å². The van der Waals surface area contributed by atoms with Crippen LogP contribution in [-0.2, 0) is 9.53 Å². The molecule has 5 nitrogen and oxygen atoms in total. The lowest BCUT2D eigenvalue weighted by Gasteiger charge is -2.31. The quantitative estimate of drug-likeness (QED) is 0.623. The normalized spacial score (nSPS) is 17.6. The van der Waals surface area contributed by atoms with E-state index < -0.39 is 0 Å². The smallest absolute Gasteiger partial charge is 0.234 e. The molecule has 0 aromatic carbocycles. The number of nitrogens with two attached hydrogens (primary N) is 1. The fraction of sp³-hybridized carbons (Fsp3) is 0.933. The minimum atomic E-state index is 0.154. The second-order valence-electron chi connectivity index (χ2n) is 5.57. The molecule has 0 radical (unpaired) electrons. The summed E-state index contributed by atoms with van der Waals surface area (Å²) in [4.78, 5) is 14.2. The van der Waals surface area contributed by atoms with E-state index in [1.807, 2.05) is 0 Å². The third-order valence-electron chi connectivity index (χ3n) is 3.95. The van der Waals surface area contributed by atoms with Crippen LogP contribution in [0.3, 0.4) is 0 Å². The third-order valence-corrected chi connectivity index (χ3v) is 3.95. The molecule has 118 valence electrons. The minimum absolute atomic E-state index is 0.154. The molecule has 0 aliphatic carbocycles. The number of nitrogens with zero attached hydrogens (tertiary/aromatic N) is 1. The van der Waals surface area contributed by atoms with E-state index in [2.05, 4.69) is 24.1 Å². The first kappa shape index (κ1) is 17.4. The molecule has 0 spiro atoms. The number of hydrogen-bond donors (Lipinski definition) is 2. The van der Waals surface area contributed by atoms with Crippen molar-refractivity contribution in [2.75, 3.05) is 32.8 Å². The summed E-state index contributed by atoms with van der Waals surface area (Å²) in [5.74, 6) is 0.154. The standard InChI is InChI=1S/C15H31N3O2/c1-3-13(4-2)17-15(19)12-18-9-6-14(7-10-18)20-11-5-8-16/h13-14H,3-12,16H2,1-2H3,(H,17,19). The maximum atomic E-state index is 11.9. The zero-order valence-corrected chi connectivity index (χ0v) is 13.1. The van der Waals surface area contributed by atoms with Gasteiger partial charge >= 0.3 is 0 Å². The van der Waals surface area contributed by atoms with E-state index in [-0.39, 0.29) is 5.91 Å². The Bertz CT molecular complexity index is 262. The predicted octanol–water partition coefficient (Wildman–Crippen LogP) is 1.12. The Hall–Kier alpha value is -0.650. The van der Waals surface area contributed by atoms with Gasteiger partial charge in [0.15, 0.2) is 0 Å². The number of hydrogen-bond acceptors (Lipinski definition) is 4. The van der Waals surface area contributed by atoms with Crippen LogP contribution in [0.4, 0.5) is 0 Å². The molecule has 5 heteroatoms. The van der Waals surface area contributed by atoms with E-state index in [4.69, 9.17) is 10.5 Å². The van der Waals surface area contributed by atoms with E-state index in [0.717, 1.165) is 51.8 Å². The molecule has 20 heavy (non-hydrogen) atoms. The Morgan fingerprint density at radius 2 is 2.00 bits per heavy atom. The molecule has 1 heterocycles. The Morgan fingerprint density at radius 3 is 2.55 bits per heavy atom. The maximum Gasteiger partial charge on any atom is 0.234 e. The molecule has 1 fully saturated rings. The number of rotatable bonds is 9. The Morgan fingerprint density at radius 1 is 1.35 bits per heavy atom. The first-order valence-electron chi connectivity index (χ1n) is 8.02. The van der Waals surface area contributed by atoms with Gasteiger partial charge in [-0.3, -0.25) is 9.69 Å². The SMILES string of the molecule is CCC(CC)NC(=O)CN1CCC(OCCCN)CC1. The van der Waals surface area contributed by atoms with Gasteiger partial charge in [-0.15, -0.1) is 0 Å². The summed E-state index contributed by atoms with van der Waals surface area (Å²) in [6.45, 7) is 8.09. The van der Waals surface area contributed by atoms with Crippen molar-refractivity contribution in [3.63, 3.8) is 0 Å². The molecule has 0 aromatic rings. The number of likely N-dealkylation sites (tertiary alicyclic amines) is 1. The number of amides is 1.